The highest BCUT2D eigenvalue weighted by molar-refractivity contribution is 5.37. The largest absolute Gasteiger partial charge is 0.416 e. The molecular formula is C9H4F5NO. The zero-order chi connectivity index (χ0) is 12.4. The lowest BCUT2D eigenvalue weighted by Crippen LogP contribution is -2.12. The van der Waals surface area contributed by atoms with E-state index >= 15 is 0 Å². The van der Waals surface area contributed by atoms with Crippen LogP contribution in [0.3, 0.4) is 0 Å². The van der Waals surface area contributed by atoms with Crippen LogP contribution in [0.15, 0.2) is 29.3 Å². The van der Waals surface area contributed by atoms with Crippen LogP contribution >= 0.6 is 0 Å². The molecule has 0 heterocycles. The van der Waals surface area contributed by atoms with Gasteiger partial charge in [0.2, 0.25) is 6.08 Å². The van der Waals surface area contributed by atoms with Crippen LogP contribution in [0.4, 0.5) is 22.0 Å². The minimum atomic E-state index is -4.73. The highest BCUT2D eigenvalue weighted by Gasteiger charge is 2.35. The number of rotatable bonds is 2. The molecule has 16 heavy (non-hydrogen) atoms. The van der Waals surface area contributed by atoms with Crippen LogP contribution in [0.25, 0.3) is 0 Å². The van der Waals surface area contributed by atoms with Crippen LogP contribution < -0.4 is 0 Å². The van der Waals surface area contributed by atoms with Crippen LogP contribution in [-0.4, -0.2) is 6.08 Å². The predicted molar refractivity (Wildman–Crippen MR) is 43.5 cm³/mol. The third-order valence-corrected chi connectivity index (χ3v) is 1.72. The van der Waals surface area contributed by atoms with E-state index in [1.54, 1.807) is 0 Å². The van der Waals surface area contributed by atoms with E-state index in [0.717, 1.165) is 12.1 Å². The van der Waals surface area contributed by atoms with Gasteiger partial charge in [-0.3, -0.25) is 0 Å². The molecule has 0 amide bonds. The Kier molecular flexibility index (Phi) is 3.09. The van der Waals surface area contributed by atoms with Gasteiger partial charge < -0.3 is 0 Å². The number of isocyanates is 1. The van der Waals surface area contributed by atoms with Crippen molar-refractivity contribution in [1.82, 2.24) is 0 Å². The van der Waals surface area contributed by atoms with Gasteiger partial charge in [-0.05, 0) is 12.1 Å². The first-order valence-corrected chi connectivity index (χ1v) is 3.92. The number of aliphatic imine (C=N–C) groups is 1. The number of halogens is 5. The molecule has 86 valence electrons. The second kappa shape index (κ2) is 4.02. The number of benzene rings is 1. The Morgan fingerprint density at radius 2 is 1.62 bits per heavy atom. The van der Waals surface area contributed by atoms with Gasteiger partial charge in [-0.15, -0.1) is 4.99 Å². The van der Waals surface area contributed by atoms with Crippen molar-refractivity contribution in [3.05, 3.63) is 35.4 Å². The summed E-state index contributed by atoms with van der Waals surface area (Å²) in [6.45, 7) is 0. The first-order valence-electron chi connectivity index (χ1n) is 3.92. The third-order valence-electron chi connectivity index (χ3n) is 1.72. The molecule has 0 bridgehead atoms. The van der Waals surface area contributed by atoms with Crippen molar-refractivity contribution in [1.29, 1.82) is 0 Å². The van der Waals surface area contributed by atoms with Gasteiger partial charge in [0, 0.05) is 5.56 Å². The quantitative estimate of drug-likeness (QED) is 0.336. The molecule has 0 fully saturated rings. The number of carbonyl (C=O) groups excluding carboxylic acids is 1. The molecular weight excluding hydrogens is 233 g/mol. The Hall–Kier alpha value is -1.75. The molecule has 0 aromatic heterocycles. The Bertz CT molecular complexity index is 434. The van der Waals surface area contributed by atoms with Crippen molar-refractivity contribution in [2.75, 3.05) is 0 Å². The summed E-state index contributed by atoms with van der Waals surface area (Å²) in [4.78, 5) is 11.8. The van der Waals surface area contributed by atoms with E-state index in [1.807, 2.05) is 0 Å². The normalized spacial score (nSPS) is 12.1. The molecule has 0 aliphatic heterocycles. The first-order chi connectivity index (χ1) is 7.27. The standard InChI is InChI=1S/C9H4F5NO/c10-8(11,12)6-2-1-3-7(4-6)9(13,14)15-5-16/h1-4H. The minimum absolute atomic E-state index is 0.237. The lowest BCUT2D eigenvalue weighted by molar-refractivity contribution is -0.137. The monoisotopic (exact) mass is 237 g/mol. The van der Waals surface area contributed by atoms with Gasteiger partial charge in [0.1, 0.15) is 0 Å². The summed E-state index contributed by atoms with van der Waals surface area (Å²) in [5.74, 6) is 0. The van der Waals surface area contributed by atoms with Crippen LogP contribution in [0.1, 0.15) is 11.1 Å². The molecule has 0 spiro atoms. The van der Waals surface area contributed by atoms with E-state index in [9.17, 15) is 26.7 Å². The zero-order valence-electron chi connectivity index (χ0n) is 7.55. The molecule has 0 saturated heterocycles. The van der Waals surface area contributed by atoms with E-state index in [4.69, 9.17) is 0 Å². The average Bonchev–Trinajstić information content (AvgIpc) is 2.16. The average molecular weight is 237 g/mol. The maximum atomic E-state index is 12.9. The Labute approximate surface area is 86.4 Å². The summed E-state index contributed by atoms with van der Waals surface area (Å²) in [7, 11) is 0. The fourth-order valence-electron chi connectivity index (χ4n) is 1.00. The highest BCUT2D eigenvalue weighted by atomic mass is 19.4. The van der Waals surface area contributed by atoms with E-state index in [0.29, 0.717) is 12.1 Å². The van der Waals surface area contributed by atoms with Crippen LogP contribution in [0.2, 0.25) is 0 Å². The molecule has 0 saturated carbocycles. The van der Waals surface area contributed by atoms with Crippen molar-refractivity contribution in [2.45, 2.75) is 12.2 Å². The molecule has 1 aromatic carbocycles. The summed E-state index contributed by atoms with van der Waals surface area (Å²) in [6.07, 6.45) is -4.12. The van der Waals surface area contributed by atoms with Crippen LogP contribution in [-0.2, 0) is 17.0 Å². The molecule has 0 N–H and O–H groups in total. The van der Waals surface area contributed by atoms with Gasteiger partial charge >= 0.3 is 12.2 Å². The molecule has 1 rings (SSSR count). The van der Waals surface area contributed by atoms with E-state index in [-0.39, 0.29) is 6.07 Å². The summed E-state index contributed by atoms with van der Waals surface area (Å²) >= 11 is 0. The van der Waals surface area contributed by atoms with Gasteiger partial charge in [-0.25, -0.2) is 4.79 Å². The lowest BCUT2D eigenvalue weighted by atomic mass is 10.1. The Morgan fingerprint density at radius 1 is 1.06 bits per heavy atom. The smallest absolute Gasteiger partial charge is 0.211 e. The summed E-state index contributed by atoms with van der Waals surface area (Å²) in [6, 6.07) is -1.56. The maximum absolute atomic E-state index is 12.9. The molecule has 0 aliphatic rings. The fraction of sp³-hybridized carbons (Fsp3) is 0.222. The van der Waals surface area contributed by atoms with E-state index in [2.05, 4.69) is 4.99 Å². The molecule has 0 aliphatic carbocycles. The van der Waals surface area contributed by atoms with Crippen molar-refractivity contribution in [3.63, 3.8) is 0 Å². The summed E-state index contributed by atoms with van der Waals surface area (Å²) in [5, 5.41) is 0. The van der Waals surface area contributed by atoms with E-state index in [1.165, 1.54) is 0 Å². The van der Waals surface area contributed by atoms with Crippen molar-refractivity contribution in [3.8, 4) is 0 Å². The van der Waals surface area contributed by atoms with Crippen LogP contribution in [0.5, 0.6) is 0 Å². The Balaban J connectivity index is 3.23. The summed E-state index contributed by atoms with van der Waals surface area (Å²) < 4.78 is 62.4. The number of hydrogen-bond donors (Lipinski definition) is 0. The SMILES string of the molecule is O=C=NC(F)(F)c1cccc(C(F)(F)F)c1. The second-order valence-electron chi connectivity index (χ2n) is 2.82. The van der Waals surface area contributed by atoms with Gasteiger partial charge in [-0.1, -0.05) is 12.1 Å². The minimum Gasteiger partial charge on any atom is -0.211 e. The molecule has 0 atom stereocenters. The number of nitrogens with zero attached hydrogens (tertiary/aromatic N) is 1. The predicted octanol–water partition coefficient (Wildman–Crippen LogP) is 3.09. The van der Waals surface area contributed by atoms with Crippen molar-refractivity contribution < 1.29 is 26.7 Å². The third kappa shape index (κ3) is 2.64. The molecule has 7 heteroatoms. The molecule has 1 aromatic rings. The van der Waals surface area contributed by atoms with Crippen LogP contribution in [0, 0.1) is 0 Å². The maximum Gasteiger partial charge on any atom is 0.416 e. The van der Waals surface area contributed by atoms with Gasteiger partial charge in [0.05, 0.1) is 5.56 Å². The lowest BCUT2D eigenvalue weighted by Gasteiger charge is -2.12. The summed E-state index contributed by atoms with van der Waals surface area (Å²) in [5.41, 5.74) is -2.24. The van der Waals surface area contributed by atoms with Gasteiger partial charge in [0.25, 0.3) is 0 Å². The van der Waals surface area contributed by atoms with Gasteiger partial charge in [0.15, 0.2) is 0 Å². The molecule has 0 unspecified atom stereocenters. The van der Waals surface area contributed by atoms with Gasteiger partial charge in [-0.2, -0.15) is 22.0 Å². The Morgan fingerprint density at radius 3 is 2.12 bits per heavy atom. The molecule has 2 nitrogen and oxygen atoms in total. The molecule has 0 radical (unpaired) electrons. The second-order valence-corrected chi connectivity index (χ2v) is 2.82. The zero-order valence-corrected chi connectivity index (χ0v) is 7.55. The topological polar surface area (TPSA) is 29.4 Å². The van der Waals surface area contributed by atoms with E-state index < -0.39 is 23.3 Å². The number of hydrogen-bond acceptors (Lipinski definition) is 2. The highest BCUT2D eigenvalue weighted by Crippen LogP contribution is 2.34. The van der Waals surface area contributed by atoms with Crippen molar-refractivity contribution >= 4 is 6.08 Å². The fourth-order valence-corrected chi connectivity index (χ4v) is 1.00. The number of alkyl halides is 5. The first kappa shape index (κ1) is 12.3. The van der Waals surface area contributed by atoms with Crippen molar-refractivity contribution in [2.24, 2.45) is 4.99 Å².